The number of aryl methyl sites for hydroxylation is 2. The second-order valence-corrected chi connectivity index (χ2v) is 6.50. The van der Waals surface area contributed by atoms with E-state index in [1.165, 1.54) is 11.1 Å². The Kier molecular flexibility index (Phi) is 5.45. The van der Waals surface area contributed by atoms with Crippen molar-refractivity contribution >= 4 is 17.4 Å². The normalized spacial score (nSPS) is 10.5. The molecule has 2 aromatic carbocycles. The number of anilines is 2. The molecule has 27 heavy (non-hydrogen) atoms. The number of urea groups is 1. The molecule has 2 N–H and O–H groups in total. The van der Waals surface area contributed by atoms with Gasteiger partial charge in [0.1, 0.15) is 5.75 Å². The van der Waals surface area contributed by atoms with Crippen LogP contribution in [0.5, 0.6) is 5.75 Å². The van der Waals surface area contributed by atoms with Crippen LogP contribution < -0.4 is 15.4 Å². The van der Waals surface area contributed by atoms with Crippen molar-refractivity contribution in [2.75, 3.05) is 17.7 Å². The number of hydrogen-bond acceptors (Lipinski definition) is 3. The zero-order chi connectivity index (χ0) is 19.4. The van der Waals surface area contributed by atoms with Gasteiger partial charge in [0.2, 0.25) is 0 Å². The van der Waals surface area contributed by atoms with Crippen molar-refractivity contribution in [3.8, 4) is 5.75 Å². The Bertz CT molecular complexity index is 963. The third-order valence-corrected chi connectivity index (χ3v) is 4.36. The zero-order valence-corrected chi connectivity index (χ0v) is 16.0. The van der Waals surface area contributed by atoms with Gasteiger partial charge in [-0.1, -0.05) is 35.9 Å². The first-order valence-electron chi connectivity index (χ1n) is 8.78. The average Bonchev–Trinajstić information content (AvgIpc) is 2.89. The molecule has 1 aromatic heterocycles. The fraction of sp³-hybridized carbons (Fsp3) is 0.238. The summed E-state index contributed by atoms with van der Waals surface area (Å²) in [7, 11) is 1.59. The maximum atomic E-state index is 12.4. The van der Waals surface area contributed by atoms with Crippen molar-refractivity contribution in [1.29, 1.82) is 0 Å². The van der Waals surface area contributed by atoms with Crippen LogP contribution in [0, 0.1) is 20.8 Å². The first-order valence-corrected chi connectivity index (χ1v) is 8.78. The summed E-state index contributed by atoms with van der Waals surface area (Å²) in [4.78, 5) is 12.4. The van der Waals surface area contributed by atoms with E-state index >= 15 is 0 Å². The fourth-order valence-electron chi connectivity index (χ4n) is 2.99. The van der Waals surface area contributed by atoms with Gasteiger partial charge in [-0.3, -0.25) is 4.68 Å². The van der Waals surface area contributed by atoms with Crippen LogP contribution in [-0.4, -0.2) is 22.9 Å². The van der Waals surface area contributed by atoms with Crippen molar-refractivity contribution in [3.63, 3.8) is 0 Å². The Morgan fingerprint density at radius 2 is 1.85 bits per heavy atom. The van der Waals surface area contributed by atoms with E-state index in [0.29, 0.717) is 18.0 Å². The smallest absolute Gasteiger partial charge is 0.323 e. The molecular formula is C21H24N4O2. The Balaban J connectivity index is 1.73. The van der Waals surface area contributed by atoms with Crippen molar-refractivity contribution in [1.82, 2.24) is 9.78 Å². The van der Waals surface area contributed by atoms with Gasteiger partial charge in [-0.2, -0.15) is 5.10 Å². The molecule has 0 bridgehead atoms. The molecule has 0 aliphatic rings. The van der Waals surface area contributed by atoms with Crippen molar-refractivity contribution in [3.05, 3.63) is 71.0 Å². The fourth-order valence-corrected chi connectivity index (χ4v) is 2.99. The zero-order valence-electron chi connectivity index (χ0n) is 16.0. The van der Waals surface area contributed by atoms with Gasteiger partial charge in [-0.25, -0.2) is 4.79 Å². The predicted molar refractivity (Wildman–Crippen MR) is 108 cm³/mol. The highest BCUT2D eigenvalue weighted by molar-refractivity contribution is 6.00. The van der Waals surface area contributed by atoms with E-state index in [2.05, 4.69) is 40.9 Å². The Hall–Kier alpha value is -3.28. The van der Waals surface area contributed by atoms with Crippen LogP contribution in [0.1, 0.15) is 22.5 Å². The van der Waals surface area contributed by atoms with Gasteiger partial charge in [-0.05, 0) is 38.5 Å². The second kappa shape index (κ2) is 7.95. The molecule has 0 aliphatic heterocycles. The topological polar surface area (TPSA) is 68.2 Å². The standard InChI is InChI=1S/C21H24N4O2/c1-14-7-5-8-17(11-14)13-25-16(3)20(15(2)24-25)23-21(26)22-18-9-6-10-19(12-18)27-4/h5-12H,13H2,1-4H3,(H2,22,23,26). The number of nitrogens with zero attached hydrogens (tertiary/aromatic N) is 2. The molecule has 3 aromatic rings. The molecule has 0 unspecified atom stereocenters. The molecule has 2 amide bonds. The van der Waals surface area contributed by atoms with Gasteiger partial charge in [-0.15, -0.1) is 0 Å². The van der Waals surface area contributed by atoms with Crippen molar-refractivity contribution < 1.29 is 9.53 Å². The molecule has 140 valence electrons. The van der Waals surface area contributed by atoms with E-state index in [4.69, 9.17) is 4.74 Å². The Morgan fingerprint density at radius 3 is 2.59 bits per heavy atom. The summed E-state index contributed by atoms with van der Waals surface area (Å²) in [5.74, 6) is 0.686. The van der Waals surface area contributed by atoms with Gasteiger partial charge in [0.15, 0.2) is 0 Å². The number of hydrogen-bond donors (Lipinski definition) is 2. The monoisotopic (exact) mass is 364 g/mol. The van der Waals surface area contributed by atoms with Gasteiger partial charge in [0, 0.05) is 11.8 Å². The molecular weight excluding hydrogens is 340 g/mol. The summed E-state index contributed by atoms with van der Waals surface area (Å²) in [6, 6.07) is 15.2. The molecule has 0 saturated carbocycles. The number of amides is 2. The lowest BCUT2D eigenvalue weighted by atomic mass is 10.1. The molecule has 3 rings (SSSR count). The van der Waals surface area contributed by atoms with E-state index in [9.17, 15) is 4.79 Å². The largest absolute Gasteiger partial charge is 0.497 e. The molecule has 0 radical (unpaired) electrons. The van der Waals surface area contributed by atoms with Crippen LogP contribution in [0.2, 0.25) is 0 Å². The summed E-state index contributed by atoms with van der Waals surface area (Å²) < 4.78 is 7.08. The van der Waals surface area contributed by atoms with Crippen LogP contribution in [0.15, 0.2) is 48.5 Å². The van der Waals surface area contributed by atoms with Crippen LogP contribution in [0.4, 0.5) is 16.2 Å². The summed E-state index contributed by atoms with van der Waals surface area (Å²) in [5.41, 5.74) is 5.46. The third-order valence-electron chi connectivity index (χ3n) is 4.36. The van der Waals surface area contributed by atoms with Crippen molar-refractivity contribution in [2.24, 2.45) is 0 Å². The average molecular weight is 364 g/mol. The van der Waals surface area contributed by atoms with Gasteiger partial charge < -0.3 is 15.4 Å². The quantitative estimate of drug-likeness (QED) is 0.700. The van der Waals surface area contributed by atoms with Crippen LogP contribution >= 0.6 is 0 Å². The minimum absolute atomic E-state index is 0.315. The van der Waals surface area contributed by atoms with E-state index in [1.807, 2.05) is 42.8 Å². The van der Waals surface area contributed by atoms with Gasteiger partial charge >= 0.3 is 6.03 Å². The summed E-state index contributed by atoms with van der Waals surface area (Å²) in [6.07, 6.45) is 0. The second-order valence-electron chi connectivity index (χ2n) is 6.50. The lowest BCUT2D eigenvalue weighted by Crippen LogP contribution is -2.20. The SMILES string of the molecule is COc1cccc(NC(=O)Nc2c(C)nn(Cc3cccc(C)c3)c2C)c1. The summed E-state index contributed by atoms with van der Waals surface area (Å²) in [5, 5.41) is 10.3. The van der Waals surface area contributed by atoms with Crippen LogP contribution in [0.3, 0.4) is 0 Å². The highest BCUT2D eigenvalue weighted by Crippen LogP contribution is 2.22. The minimum Gasteiger partial charge on any atom is -0.497 e. The first kappa shape index (κ1) is 18.5. The number of nitrogens with one attached hydrogen (secondary N) is 2. The van der Waals surface area contributed by atoms with E-state index in [0.717, 1.165) is 17.1 Å². The first-order chi connectivity index (χ1) is 13.0. The van der Waals surface area contributed by atoms with E-state index in [1.54, 1.807) is 13.2 Å². The maximum absolute atomic E-state index is 12.4. The highest BCUT2D eigenvalue weighted by Gasteiger charge is 2.14. The lowest BCUT2D eigenvalue weighted by molar-refractivity contribution is 0.262. The molecule has 0 atom stereocenters. The van der Waals surface area contributed by atoms with Crippen LogP contribution in [0.25, 0.3) is 0 Å². The molecule has 6 heteroatoms. The number of carbonyl (C=O) groups is 1. The van der Waals surface area contributed by atoms with Crippen LogP contribution in [-0.2, 0) is 6.54 Å². The molecule has 0 saturated heterocycles. The van der Waals surface area contributed by atoms with Gasteiger partial charge in [0.25, 0.3) is 0 Å². The Morgan fingerprint density at radius 1 is 1.07 bits per heavy atom. The number of rotatable bonds is 5. The van der Waals surface area contributed by atoms with E-state index < -0.39 is 0 Å². The van der Waals surface area contributed by atoms with Crippen molar-refractivity contribution in [2.45, 2.75) is 27.3 Å². The Labute approximate surface area is 159 Å². The predicted octanol–water partition coefficient (Wildman–Crippen LogP) is 4.51. The number of ether oxygens (including phenoxy) is 1. The minimum atomic E-state index is -0.315. The number of methoxy groups -OCH3 is 1. The number of aromatic nitrogens is 2. The number of carbonyl (C=O) groups excluding carboxylic acids is 1. The molecule has 6 nitrogen and oxygen atoms in total. The number of benzene rings is 2. The van der Waals surface area contributed by atoms with E-state index in [-0.39, 0.29) is 6.03 Å². The highest BCUT2D eigenvalue weighted by atomic mass is 16.5. The maximum Gasteiger partial charge on any atom is 0.323 e. The van der Waals surface area contributed by atoms with Gasteiger partial charge in [0.05, 0.1) is 30.7 Å². The summed E-state index contributed by atoms with van der Waals surface area (Å²) >= 11 is 0. The lowest BCUT2D eigenvalue weighted by Gasteiger charge is -2.10. The molecule has 0 fully saturated rings. The molecule has 0 spiro atoms. The summed E-state index contributed by atoms with van der Waals surface area (Å²) in [6.45, 7) is 6.58. The molecule has 1 heterocycles. The third kappa shape index (κ3) is 4.47. The molecule has 0 aliphatic carbocycles.